The minimum absolute atomic E-state index is 0.0280. The van der Waals surface area contributed by atoms with E-state index in [1.807, 2.05) is 12.2 Å². The Bertz CT molecular complexity index is 1180. The quantitative estimate of drug-likeness (QED) is 0.222. The largest absolute Gasteiger partial charge is 0.292 e. The minimum Gasteiger partial charge on any atom is -0.292 e. The number of nitro groups is 1. The highest BCUT2D eigenvalue weighted by molar-refractivity contribution is 6.10. The van der Waals surface area contributed by atoms with Crippen LogP contribution in [0, 0.1) is 33.8 Å². The molecule has 1 aliphatic heterocycles. The van der Waals surface area contributed by atoms with E-state index in [-0.39, 0.29) is 23.1 Å². The third-order valence-electron chi connectivity index (χ3n) is 6.64. The van der Waals surface area contributed by atoms with Crippen LogP contribution in [0.5, 0.6) is 0 Å². The molecule has 33 heavy (non-hydrogen) atoms. The van der Waals surface area contributed by atoms with E-state index >= 15 is 0 Å². The smallest absolute Gasteiger partial charge is 0.273 e. The highest BCUT2D eigenvalue weighted by atomic mass is 16.6. The molecule has 0 unspecified atom stereocenters. The molecule has 1 saturated heterocycles. The van der Waals surface area contributed by atoms with Gasteiger partial charge in [-0.15, -0.1) is 0 Å². The zero-order valence-corrected chi connectivity index (χ0v) is 17.4. The maximum atomic E-state index is 13.4. The van der Waals surface area contributed by atoms with Crippen LogP contribution in [0.15, 0.2) is 66.7 Å². The number of nitrogens with zero attached hydrogens (tertiary/aromatic N) is 3. The van der Waals surface area contributed by atoms with Gasteiger partial charge in [-0.2, -0.15) is 5.01 Å². The summed E-state index contributed by atoms with van der Waals surface area (Å²) in [5.74, 6) is -3.35. The predicted molar refractivity (Wildman–Crippen MR) is 114 cm³/mol. The molecule has 0 spiro atoms. The van der Waals surface area contributed by atoms with Crippen molar-refractivity contribution in [1.29, 1.82) is 0 Å². The van der Waals surface area contributed by atoms with Crippen LogP contribution < -0.4 is 0 Å². The third kappa shape index (κ3) is 3.32. The molecule has 2 aliphatic carbocycles. The second-order valence-electron chi connectivity index (χ2n) is 8.44. The molecular formula is C24H19N3O6. The Hall–Kier alpha value is -4.14. The summed E-state index contributed by atoms with van der Waals surface area (Å²) in [6.07, 6.45) is 4.62. The van der Waals surface area contributed by atoms with E-state index < -0.39 is 46.8 Å². The van der Waals surface area contributed by atoms with Crippen molar-refractivity contribution >= 4 is 29.2 Å². The Balaban J connectivity index is 1.49. The minimum atomic E-state index is -0.754. The number of allylic oxidation sites excluding steroid dienone is 2. The van der Waals surface area contributed by atoms with E-state index in [1.165, 1.54) is 12.1 Å². The molecule has 0 aromatic heterocycles. The fourth-order valence-electron chi connectivity index (χ4n) is 5.08. The molecule has 3 aliphatic rings. The van der Waals surface area contributed by atoms with E-state index in [1.54, 1.807) is 30.3 Å². The molecule has 5 rings (SSSR count). The number of benzene rings is 2. The average molecular weight is 445 g/mol. The van der Waals surface area contributed by atoms with Crippen LogP contribution in [0.4, 0.5) is 5.69 Å². The van der Waals surface area contributed by atoms with Crippen LogP contribution in [-0.2, 0) is 9.59 Å². The van der Waals surface area contributed by atoms with Crippen LogP contribution in [0.2, 0.25) is 0 Å². The predicted octanol–water partition coefficient (Wildman–Crippen LogP) is 2.64. The maximum absolute atomic E-state index is 13.4. The van der Waals surface area contributed by atoms with Crippen molar-refractivity contribution in [2.24, 2.45) is 23.7 Å². The van der Waals surface area contributed by atoms with Crippen molar-refractivity contribution in [3.8, 4) is 0 Å². The zero-order chi connectivity index (χ0) is 23.3. The maximum Gasteiger partial charge on any atom is 0.273 e. The number of hydrogen-bond acceptors (Lipinski definition) is 6. The van der Waals surface area contributed by atoms with Gasteiger partial charge in [0.1, 0.15) is 6.54 Å². The molecule has 0 radical (unpaired) electrons. The van der Waals surface area contributed by atoms with Gasteiger partial charge in [0.05, 0.1) is 16.8 Å². The Labute approximate surface area is 188 Å². The number of nitro benzene ring substituents is 1. The first-order valence-corrected chi connectivity index (χ1v) is 10.6. The number of Topliss-reactive ketones (excluding diaryl/α,β-unsaturated/α-hetero) is 1. The normalized spacial score (nSPS) is 24.8. The van der Waals surface area contributed by atoms with Crippen molar-refractivity contribution in [3.63, 3.8) is 0 Å². The fraction of sp³-hybridized carbons (Fsp3) is 0.250. The number of carbonyl (C=O) groups excluding carboxylic acids is 4. The summed E-state index contributed by atoms with van der Waals surface area (Å²) < 4.78 is 0. The summed E-state index contributed by atoms with van der Waals surface area (Å²) in [6.45, 7) is -0.514. The summed E-state index contributed by atoms with van der Waals surface area (Å²) in [5, 5.41) is 12.7. The Kier molecular flexibility index (Phi) is 4.88. The van der Waals surface area contributed by atoms with E-state index in [2.05, 4.69) is 0 Å². The average Bonchev–Trinajstić information content (AvgIpc) is 3.51. The first-order valence-electron chi connectivity index (χ1n) is 10.6. The zero-order valence-electron chi connectivity index (χ0n) is 17.4. The summed E-state index contributed by atoms with van der Waals surface area (Å²) >= 11 is 0. The number of fused-ring (bicyclic) bond motifs is 5. The van der Waals surface area contributed by atoms with Crippen molar-refractivity contribution < 1.29 is 24.1 Å². The van der Waals surface area contributed by atoms with E-state index in [4.69, 9.17) is 0 Å². The lowest BCUT2D eigenvalue weighted by molar-refractivity contribution is -0.384. The van der Waals surface area contributed by atoms with Gasteiger partial charge in [-0.25, -0.2) is 5.01 Å². The monoisotopic (exact) mass is 445 g/mol. The van der Waals surface area contributed by atoms with Gasteiger partial charge in [-0.1, -0.05) is 42.5 Å². The second kappa shape index (κ2) is 7.77. The van der Waals surface area contributed by atoms with Crippen LogP contribution in [0.1, 0.15) is 27.1 Å². The fourth-order valence-corrected chi connectivity index (χ4v) is 5.08. The molecule has 2 aromatic carbocycles. The number of imide groups is 1. The number of ketones is 1. The van der Waals surface area contributed by atoms with Crippen molar-refractivity contribution in [2.45, 2.75) is 6.42 Å². The molecule has 9 nitrogen and oxygen atoms in total. The molecule has 4 atom stereocenters. The summed E-state index contributed by atoms with van der Waals surface area (Å²) in [4.78, 5) is 63.3. The summed E-state index contributed by atoms with van der Waals surface area (Å²) in [7, 11) is 0. The van der Waals surface area contributed by atoms with Gasteiger partial charge in [0.15, 0.2) is 5.78 Å². The molecule has 2 aromatic rings. The number of non-ortho nitro benzene ring substituents is 1. The van der Waals surface area contributed by atoms with Crippen molar-refractivity contribution in [1.82, 2.24) is 10.0 Å². The first-order chi connectivity index (χ1) is 15.9. The van der Waals surface area contributed by atoms with E-state index in [9.17, 15) is 29.3 Å². The lowest BCUT2D eigenvalue weighted by Crippen LogP contribution is -2.52. The second-order valence-corrected chi connectivity index (χ2v) is 8.44. The molecule has 2 bridgehead atoms. The highest BCUT2D eigenvalue weighted by Gasteiger charge is 2.61. The molecule has 1 saturated carbocycles. The number of rotatable bonds is 6. The molecule has 2 fully saturated rings. The molecule has 9 heteroatoms. The third-order valence-corrected chi connectivity index (χ3v) is 6.64. The highest BCUT2D eigenvalue weighted by Crippen LogP contribution is 2.52. The number of carbonyl (C=O) groups is 4. The molecular weight excluding hydrogens is 426 g/mol. The van der Waals surface area contributed by atoms with Gasteiger partial charge >= 0.3 is 0 Å². The van der Waals surface area contributed by atoms with Gasteiger partial charge in [-0.3, -0.25) is 29.3 Å². The topological polar surface area (TPSA) is 118 Å². The van der Waals surface area contributed by atoms with E-state index in [0.29, 0.717) is 5.56 Å². The lowest BCUT2D eigenvalue weighted by atomic mass is 9.85. The molecule has 166 valence electrons. The number of hydrogen-bond donors (Lipinski definition) is 0. The summed E-state index contributed by atoms with van der Waals surface area (Å²) in [6, 6.07) is 13.1. The van der Waals surface area contributed by atoms with E-state index in [0.717, 1.165) is 28.6 Å². The summed E-state index contributed by atoms with van der Waals surface area (Å²) in [5.41, 5.74) is 0.157. The van der Waals surface area contributed by atoms with Crippen molar-refractivity contribution in [2.75, 3.05) is 6.54 Å². The van der Waals surface area contributed by atoms with Crippen LogP contribution >= 0.6 is 0 Å². The number of amides is 3. The van der Waals surface area contributed by atoms with Crippen LogP contribution in [0.3, 0.4) is 0 Å². The Morgan fingerprint density at radius 3 is 2.03 bits per heavy atom. The standard InChI is InChI=1S/C24H19N3O6/c28-19(14-4-2-1-3-5-14)13-25(22(29)15-8-10-18(11-9-15)27(32)33)26-23(30)20-16-6-7-17(12-16)21(20)24(26)31/h1-11,16-17,20-21H,12-13H2/t16-,17-,20+,21+/m0/s1. The molecule has 3 amide bonds. The van der Waals surface area contributed by atoms with Gasteiger partial charge in [0.25, 0.3) is 23.4 Å². The van der Waals surface area contributed by atoms with Gasteiger partial charge in [0.2, 0.25) is 0 Å². The molecule has 0 N–H and O–H groups in total. The SMILES string of the molecule is O=C(CN(C(=O)c1ccc([N+](=O)[O-])cc1)N1C(=O)[C@H]2[C@H](C1=O)[C@H]1C=C[C@H]2C1)c1ccccc1. The first kappa shape index (κ1) is 20.7. The van der Waals surface area contributed by atoms with Crippen LogP contribution in [-0.4, -0.2) is 45.0 Å². The van der Waals surface area contributed by atoms with Gasteiger partial charge < -0.3 is 0 Å². The Morgan fingerprint density at radius 2 is 1.48 bits per heavy atom. The Morgan fingerprint density at radius 1 is 0.909 bits per heavy atom. The van der Waals surface area contributed by atoms with Crippen LogP contribution in [0.25, 0.3) is 0 Å². The van der Waals surface area contributed by atoms with Gasteiger partial charge in [-0.05, 0) is 30.4 Å². The van der Waals surface area contributed by atoms with Crippen molar-refractivity contribution in [3.05, 3.63) is 88.0 Å². The van der Waals surface area contributed by atoms with Gasteiger partial charge in [0, 0.05) is 23.3 Å². The number of hydrazine groups is 1. The molecule has 1 heterocycles. The lowest BCUT2D eigenvalue weighted by Gasteiger charge is -2.30.